The number of aryl methyl sites for hydroxylation is 1. The smallest absolute Gasteiger partial charge is 0.259 e. The van der Waals surface area contributed by atoms with Crippen molar-refractivity contribution in [2.75, 3.05) is 12.4 Å². The molecule has 0 aliphatic heterocycles. The van der Waals surface area contributed by atoms with Crippen LogP contribution in [0.5, 0.6) is 5.75 Å². The van der Waals surface area contributed by atoms with Crippen LogP contribution in [0.4, 0.5) is 5.69 Å². The van der Waals surface area contributed by atoms with Gasteiger partial charge in [-0.25, -0.2) is 0 Å². The lowest BCUT2D eigenvalue weighted by atomic mass is 10.1. The Bertz CT molecular complexity index is 1130. The van der Waals surface area contributed by atoms with Crippen LogP contribution < -0.4 is 10.1 Å². The number of carbonyl (C=O) groups excluding carboxylic acids is 1. The monoisotopic (exact) mass is 358 g/mol. The van der Waals surface area contributed by atoms with Gasteiger partial charge in [0.05, 0.1) is 18.2 Å². The number of para-hydroxylation sites is 2. The molecule has 0 bridgehead atoms. The molecule has 0 fully saturated rings. The normalized spacial score (nSPS) is 10.7. The van der Waals surface area contributed by atoms with E-state index in [4.69, 9.17) is 4.74 Å². The standard InChI is InChI=1S/C21H18N4O2/c1-14-8-3-5-11-17(14)22-21(26)16-10-7-13-25-19(23-24-20(16)25)15-9-4-6-12-18(15)27-2/h3-13H,1-2H3,(H,22,26). The van der Waals surface area contributed by atoms with Gasteiger partial charge in [0.25, 0.3) is 5.91 Å². The van der Waals surface area contributed by atoms with E-state index in [9.17, 15) is 4.79 Å². The summed E-state index contributed by atoms with van der Waals surface area (Å²) in [6.45, 7) is 1.95. The Balaban J connectivity index is 1.77. The van der Waals surface area contributed by atoms with Crippen LogP contribution in [0.1, 0.15) is 15.9 Å². The first kappa shape index (κ1) is 16.8. The SMILES string of the molecule is COc1ccccc1-c1nnc2c(C(=O)Nc3ccccc3C)cccn12. The fraction of sp³-hybridized carbons (Fsp3) is 0.0952. The molecule has 2 aromatic carbocycles. The third-order valence-corrected chi connectivity index (χ3v) is 4.42. The first-order valence-electron chi connectivity index (χ1n) is 8.53. The van der Waals surface area contributed by atoms with Gasteiger partial charge in [0.1, 0.15) is 5.75 Å². The van der Waals surface area contributed by atoms with Gasteiger partial charge in [-0.1, -0.05) is 30.3 Å². The molecule has 6 heteroatoms. The second-order valence-electron chi connectivity index (χ2n) is 6.11. The summed E-state index contributed by atoms with van der Waals surface area (Å²) in [5.74, 6) is 1.09. The van der Waals surface area contributed by atoms with Crippen molar-refractivity contribution in [2.24, 2.45) is 0 Å². The van der Waals surface area contributed by atoms with Crippen LogP contribution in [-0.2, 0) is 0 Å². The minimum absolute atomic E-state index is 0.228. The fourth-order valence-corrected chi connectivity index (χ4v) is 3.01. The number of nitrogens with zero attached hydrogens (tertiary/aromatic N) is 3. The van der Waals surface area contributed by atoms with Crippen molar-refractivity contribution in [1.82, 2.24) is 14.6 Å². The van der Waals surface area contributed by atoms with Crippen molar-refractivity contribution in [3.63, 3.8) is 0 Å². The van der Waals surface area contributed by atoms with E-state index in [0.717, 1.165) is 16.8 Å². The highest BCUT2D eigenvalue weighted by Gasteiger charge is 2.18. The lowest BCUT2D eigenvalue weighted by Crippen LogP contribution is -2.14. The van der Waals surface area contributed by atoms with Crippen molar-refractivity contribution < 1.29 is 9.53 Å². The number of anilines is 1. The van der Waals surface area contributed by atoms with E-state index in [1.807, 2.05) is 67.7 Å². The maximum absolute atomic E-state index is 12.8. The van der Waals surface area contributed by atoms with Gasteiger partial charge in [0, 0.05) is 11.9 Å². The first-order chi connectivity index (χ1) is 13.2. The second kappa shape index (κ2) is 6.92. The highest BCUT2D eigenvalue weighted by molar-refractivity contribution is 6.08. The lowest BCUT2D eigenvalue weighted by molar-refractivity contribution is 0.102. The summed E-state index contributed by atoms with van der Waals surface area (Å²) in [6, 6.07) is 18.8. The Labute approximate surface area is 156 Å². The number of nitrogens with one attached hydrogen (secondary N) is 1. The Kier molecular flexibility index (Phi) is 4.30. The van der Waals surface area contributed by atoms with Crippen LogP contribution in [0, 0.1) is 6.92 Å². The Morgan fingerprint density at radius 3 is 2.59 bits per heavy atom. The summed E-state index contributed by atoms with van der Waals surface area (Å²) in [5.41, 5.74) is 3.52. The second-order valence-corrected chi connectivity index (χ2v) is 6.11. The molecule has 0 spiro atoms. The van der Waals surface area contributed by atoms with Gasteiger partial charge < -0.3 is 10.1 Å². The number of amides is 1. The number of benzene rings is 2. The summed E-state index contributed by atoms with van der Waals surface area (Å²) >= 11 is 0. The van der Waals surface area contributed by atoms with Gasteiger partial charge in [-0.05, 0) is 42.8 Å². The summed E-state index contributed by atoms with van der Waals surface area (Å²) in [6.07, 6.45) is 1.83. The third kappa shape index (κ3) is 3.01. The predicted octanol–water partition coefficient (Wildman–Crippen LogP) is 3.97. The molecule has 0 aliphatic carbocycles. The van der Waals surface area contributed by atoms with Crippen LogP contribution in [0.3, 0.4) is 0 Å². The molecule has 6 nitrogen and oxygen atoms in total. The number of hydrogen-bond acceptors (Lipinski definition) is 4. The van der Waals surface area contributed by atoms with Crippen molar-refractivity contribution in [3.8, 4) is 17.1 Å². The number of pyridine rings is 1. The summed E-state index contributed by atoms with van der Waals surface area (Å²) in [7, 11) is 1.61. The molecule has 0 aliphatic rings. The minimum Gasteiger partial charge on any atom is -0.496 e. The zero-order valence-corrected chi connectivity index (χ0v) is 15.0. The third-order valence-electron chi connectivity index (χ3n) is 4.42. The van der Waals surface area contributed by atoms with Gasteiger partial charge in [-0.3, -0.25) is 9.20 Å². The number of ether oxygens (including phenoxy) is 1. The molecule has 2 heterocycles. The highest BCUT2D eigenvalue weighted by Crippen LogP contribution is 2.29. The van der Waals surface area contributed by atoms with E-state index in [0.29, 0.717) is 22.8 Å². The van der Waals surface area contributed by atoms with E-state index in [1.54, 1.807) is 17.6 Å². The molecular weight excluding hydrogens is 340 g/mol. The zero-order chi connectivity index (χ0) is 18.8. The molecule has 0 saturated heterocycles. The van der Waals surface area contributed by atoms with E-state index < -0.39 is 0 Å². The average Bonchev–Trinajstić information content (AvgIpc) is 3.13. The fourth-order valence-electron chi connectivity index (χ4n) is 3.01. The predicted molar refractivity (Wildman–Crippen MR) is 104 cm³/mol. The van der Waals surface area contributed by atoms with Crippen LogP contribution >= 0.6 is 0 Å². The molecule has 1 amide bonds. The zero-order valence-electron chi connectivity index (χ0n) is 15.0. The van der Waals surface area contributed by atoms with Crippen molar-refractivity contribution in [1.29, 1.82) is 0 Å². The van der Waals surface area contributed by atoms with Crippen molar-refractivity contribution in [2.45, 2.75) is 6.92 Å². The van der Waals surface area contributed by atoms with Crippen LogP contribution in [0.25, 0.3) is 17.0 Å². The summed E-state index contributed by atoms with van der Waals surface area (Å²) < 4.78 is 7.22. The van der Waals surface area contributed by atoms with Crippen LogP contribution in [0.2, 0.25) is 0 Å². The van der Waals surface area contributed by atoms with E-state index in [2.05, 4.69) is 15.5 Å². The molecule has 2 aromatic heterocycles. The molecular formula is C21H18N4O2. The largest absolute Gasteiger partial charge is 0.496 e. The number of aromatic nitrogens is 3. The van der Waals surface area contributed by atoms with Crippen LogP contribution in [0.15, 0.2) is 66.9 Å². The molecule has 0 saturated carbocycles. The molecule has 134 valence electrons. The van der Waals surface area contributed by atoms with Gasteiger partial charge in [-0.15, -0.1) is 10.2 Å². The molecule has 27 heavy (non-hydrogen) atoms. The molecule has 4 rings (SSSR count). The minimum atomic E-state index is -0.228. The van der Waals surface area contributed by atoms with E-state index in [-0.39, 0.29) is 5.91 Å². The number of hydrogen-bond donors (Lipinski definition) is 1. The Hall–Kier alpha value is -3.67. The number of carbonyl (C=O) groups is 1. The molecule has 1 N–H and O–H groups in total. The molecule has 4 aromatic rings. The van der Waals surface area contributed by atoms with Crippen molar-refractivity contribution >= 4 is 17.2 Å². The maximum Gasteiger partial charge on any atom is 0.259 e. The number of rotatable bonds is 4. The van der Waals surface area contributed by atoms with Gasteiger partial charge in [0.2, 0.25) is 0 Å². The quantitative estimate of drug-likeness (QED) is 0.599. The van der Waals surface area contributed by atoms with Gasteiger partial charge in [0.15, 0.2) is 11.5 Å². The topological polar surface area (TPSA) is 68.5 Å². The number of methoxy groups -OCH3 is 1. The van der Waals surface area contributed by atoms with Crippen molar-refractivity contribution in [3.05, 3.63) is 78.0 Å². The lowest BCUT2D eigenvalue weighted by Gasteiger charge is -2.09. The highest BCUT2D eigenvalue weighted by atomic mass is 16.5. The molecule has 0 atom stereocenters. The van der Waals surface area contributed by atoms with Gasteiger partial charge in [-0.2, -0.15) is 0 Å². The van der Waals surface area contributed by atoms with E-state index in [1.165, 1.54) is 0 Å². The first-order valence-corrected chi connectivity index (χ1v) is 8.53. The molecule has 0 unspecified atom stereocenters. The van der Waals surface area contributed by atoms with E-state index >= 15 is 0 Å². The van der Waals surface area contributed by atoms with Gasteiger partial charge >= 0.3 is 0 Å². The molecule has 0 radical (unpaired) electrons. The maximum atomic E-state index is 12.8. The Morgan fingerprint density at radius 1 is 1.00 bits per heavy atom. The summed E-state index contributed by atoms with van der Waals surface area (Å²) in [4.78, 5) is 12.8. The Morgan fingerprint density at radius 2 is 1.78 bits per heavy atom. The summed E-state index contributed by atoms with van der Waals surface area (Å²) in [5, 5.41) is 11.5. The number of fused-ring (bicyclic) bond motifs is 1. The average molecular weight is 358 g/mol. The van der Waals surface area contributed by atoms with Crippen LogP contribution in [-0.4, -0.2) is 27.6 Å².